The molecule has 0 aliphatic heterocycles. The molecule has 0 spiro atoms. The van der Waals surface area contributed by atoms with Gasteiger partial charge in [0.25, 0.3) is 0 Å². The highest BCUT2D eigenvalue weighted by Gasteiger charge is 2.47. The Morgan fingerprint density at radius 1 is 1.30 bits per heavy atom. The molecule has 1 aromatic rings. The smallest absolute Gasteiger partial charge is 0.324 e. The van der Waals surface area contributed by atoms with E-state index in [2.05, 4.69) is 0 Å². The monoisotopic (exact) mass is 297 g/mol. The fraction of sp³-hybridized carbons (Fsp3) is 0.562. The third-order valence-electron chi connectivity index (χ3n) is 4.21. The van der Waals surface area contributed by atoms with Crippen LogP contribution in [0.5, 0.6) is 0 Å². The van der Waals surface area contributed by atoms with Crippen LogP contribution in [0.4, 0.5) is 0 Å². The number of rotatable bonds is 6. The fourth-order valence-corrected chi connectivity index (χ4v) is 3.00. The standard InChI is InChI=1S/C16H24ClNO2/c1-5-11(4)16(18,15(19)20)14(10(2)3)12-6-8-13(17)9-7-12/h6-11,14H,5,18H2,1-4H3,(H,19,20). The minimum absolute atomic E-state index is 0.117. The van der Waals surface area contributed by atoms with Crippen molar-refractivity contribution in [2.45, 2.75) is 45.6 Å². The number of hydrogen-bond acceptors (Lipinski definition) is 2. The van der Waals surface area contributed by atoms with E-state index >= 15 is 0 Å². The summed E-state index contributed by atoms with van der Waals surface area (Å²) in [6.07, 6.45) is 0.722. The van der Waals surface area contributed by atoms with Crippen molar-refractivity contribution in [2.24, 2.45) is 17.6 Å². The van der Waals surface area contributed by atoms with Crippen molar-refractivity contribution in [3.8, 4) is 0 Å². The van der Waals surface area contributed by atoms with E-state index in [1.165, 1.54) is 0 Å². The van der Waals surface area contributed by atoms with E-state index in [0.29, 0.717) is 5.02 Å². The number of halogens is 1. The van der Waals surface area contributed by atoms with Crippen molar-refractivity contribution >= 4 is 17.6 Å². The zero-order valence-electron chi connectivity index (χ0n) is 12.6. The summed E-state index contributed by atoms with van der Waals surface area (Å²) in [5, 5.41) is 10.4. The maximum absolute atomic E-state index is 11.9. The summed E-state index contributed by atoms with van der Waals surface area (Å²) in [4.78, 5) is 11.9. The maximum atomic E-state index is 11.9. The van der Waals surface area contributed by atoms with Crippen molar-refractivity contribution in [2.75, 3.05) is 0 Å². The lowest BCUT2D eigenvalue weighted by atomic mass is 9.67. The van der Waals surface area contributed by atoms with Crippen LogP contribution >= 0.6 is 11.6 Å². The van der Waals surface area contributed by atoms with Gasteiger partial charge in [-0.25, -0.2) is 0 Å². The van der Waals surface area contributed by atoms with Gasteiger partial charge < -0.3 is 10.8 Å². The van der Waals surface area contributed by atoms with Crippen molar-refractivity contribution in [1.29, 1.82) is 0 Å². The van der Waals surface area contributed by atoms with Gasteiger partial charge in [0.2, 0.25) is 0 Å². The minimum Gasteiger partial charge on any atom is -0.480 e. The van der Waals surface area contributed by atoms with Gasteiger partial charge in [0.15, 0.2) is 0 Å². The van der Waals surface area contributed by atoms with E-state index in [9.17, 15) is 9.90 Å². The first-order valence-corrected chi connectivity index (χ1v) is 7.40. The maximum Gasteiger partial charge on any atom is 0.324 e. The van der Waals surface area contributed by atoms with Crippen LogP contribution in [0.25, 0.3) is 0 Å². The minimum atomic E-state index is -1.28. The van der Waals surface area contributed by atoms with Crippen LogP contribution in [-0.2, 0) is 4.79 Å². The summed E-state index contributed by atoms with van der Waals surface area (Å²) in [7, 11) is 0. The van der Waals surface area contributed by atoms with Crippen LogP contribution in [0.3, 0.4) is 0 Å². The molecule has 0 saturated heterocycles. The Labute approximate surface area is 126 Å². The van der Waals surface area contributed by atoms with E-state index in [-0.39, 0.29) is 17.8 Å². The van der Waals surface area contributed by atoms with Crippen LogP contribution < -0.4 is 5.73 Å². The van der Waals surface area contributed by atoms with Gasteiger partial charge in [-0.05, 0) is 29.5 Å². The molecular formula is C16H24ClNO2. The lowest BCUT2D eigenvalue weighted by Gasteiger charge is -2.41. The molecule has 112 valence electrons. The first-order chi connectivity index (χ1) is 9.25. The van der Waals surface area contributed by atoms with Crippen molar-refractivity contribution in [3.63, 3.8) is 0 Å². The molecule has 0 heterocycles. The van der Waals surface area contributed by atoms with Gasteiger partial charge in [0.1, 0.15) is 5.54 Å². The third-order valence-corrected chi connectivity index (χ3v) is 4.46. The van der Waals surface area contributed by atoms with Gasteiger partial charge in [0, 0.05) is 10.9 Å². The Morgan fingerprint density at radius 2 is 1.80 bits per heavy atom. The Bertz CT molecular complexity index is 458. The number of carboxylic acid groups (broad SMARTS) is 1. The number of hydrogen-bond donors (Lipinski definition) is 2. The van der Waals surface area contributed by atoms with Gasteiger partial charge in [-0.1, -0.05) is 57.8 Å². The summed E-state index contributed by atoms with van der Waals surface area (Å²) in [6, 6.07) is 7.32. The summed E-state index contributed by atoms with van der Waals surface area (Å²) < 4.78 is 0. The predicted molar refractivity (Wildman–Crippen MR) is 83.0 cm³/mol. The number of carbonyl (C=O) groups is 1. The summed E-state index contributed by atoms with van der Waals surface area (Å²) in [5.41, 5.74) is 6.02. The van der Waals surface area contributed by atoms with Gasteiger partial charge in [-0.2, -0.15) is 0 Å². The predicted octanol–water partition coefficient (Wildman–Crippen LogP) is 3.91. The van der Waals surface area contributed by atoms with E-state index < -0.39 is 11.5 Å². The quantitative estimate of drug-likeness (QED) is 0.837. The molecule has 20 heavy (non-hydrogen) atoms. The van der Waals surface area contributed by atoms with Crippen LogP contribution in [0.2, 0.25) is 5.02 Å². The molecule has 0 amide bonds. The first kappa shape index (κ1) is 17.0. The molecule has 1 aromatic carbocycles. The second-order valence-corrected chi connectivity index (χ2v) is 6.26. The van der Waals surface area contributed by atoms with E-state index in [1.807, 2.05) is 39.8 Å². The molecule has 0 aliphatic carbocycles. The summed E-state index contributed by atoms with van der Waals surface area (Å²) >= 11 is 5.91. The zero-order chi connectivity index (χ0) is 15.5. The van der Waals surface area contributed by atoms with Crippen LogP contribution in [0, 0.1) is 11.8 Å². The van der Waals surface area contributed by atoms with E-state index in [1.54, 1.807) is 12.1 Å². The third kappa shape index (κ3) is 3.15. The summed E-state index contributed by atoms with van der Waals surface area (Å²) in [5.74, 6) is -1.21. The normalized spacial score (nSPS) is 17.6. The van der Waals surface area contributed by atoms with Crippen LogP contribution in [0.1, 0.15) is 45.6 Å². The molecule has 0 radical (unpaired) electrons. The van der Waals surface area contributed by atoms with E-state index in [4.69, 9.17) is 17.3 Å². The molecular weight excluding hydrogens is 274 g/mol. The zero-order valence-corrected chi connectivity index (χ0v) is 13.3. The lowest BCUT2D eigenvalue weighted by molar-refractivity contribution is -0.147. The second-order valence-electron chi connectivity index (χ2n) is 5.82. The van der Waals surface area contributed by atoms with Crippen molar-refractivity contribution in [1.82, 2.24) is 0 Å². The highest BCUT2D eigenvalue weighted by Crippen LogP contribution is 2.39. The van der Waals surface area contributed by atoms with Crippen molar-refractivity contribution < 1.29 is 9.90 Å². The molecule has 0 bridgehead atoms. The Morgan fingerprint density at radius 3 is 2.15 bits per heavy atom. The number of aliphatic carboxylic acids is 1. The van der Waals surface area contributed by atoms with Crippen molar-refractivity contribution in [3.05, 3.63) is 34.9 Å². The topological polar surface area (TPSA) is 63.3 Å². The van der Waals surface area contributed by atoms with Gasteiger partial charge in [-0.15, -0.1) is 0 Å². The van der Waals surface area contributed by atoms with Gasteiger partial charge >= 0.3 is 5.97 Å². The number of nitrogens with two attached hydrogens (primary N) is 1. The fourth-order valence-electron chi connectivity index (χ4n) is 2.87. The largest absolute Gasteiger partial charge is 0.480 e. The number of carboxylic acids is 1. The number of benzene rings is 1. The lowest BCUT2D eigenvalue weighted by Crippen LogP contribution is -2.58. The Balaban J connectivity index is 3.36. The molecule has 0 fully saturated rings. The van der Waals surface area contributed by atoms with E-state index in [0.717, 1.165) is 12.0 Å². The van der Waals surface area contributed by atoms with Crippen LogP contribution in [-0.4, -0.2) is 16.6 Å². The first-order valence-electron chi connectivity index (χ1n) is 7.02. The Kier molecular flexibility index (Phi) is 5.60. The second kappa shape index (κ2) is 6.59. The highest BCUT2D eigenvalue weighted by atomic mass is 35.5. The average molecular weight is 298 g/mol. The molecule has 0 aromatic heterocycles. The van der Waals surface area contributed by atoms with Gasteiger partial charge in [-0.3, -0.25) is 4.79 Å². The SMILES string of the molecule is CCC(C)C(N)(C(=O)O)C(c1ccc(Cl)cc1)C(C)C. The highest BCUT2D eigenvalue weighted by molar-refractivity contribution is 6.30. The average Bonchev–Trinajstić information content (AvgIpc) is 2.39. The molecule has 0 aliphatic rings. The molecule has 3 unspecified atom stereocenters. The molecule has 1 rings (SSSR count). The summed E-state index contributed by atoms with van der Waals surface area (Å²) in [6.45, 7) is 7.88. The molecule has 3 N–H and O–H groups in total. The molecule has 0 saturated carbocycles. The molecule has 4 heteroatoms. The molecule has 3 nitrogen and oxygen atoms in total. The van der Waals surface area contributed by atoms with Gasteiger partial charge in [0.05, 0.1) is 0 Å². The van der Waals surface area contributed by atoms with Crippen LogP contribution in [0.15, 0.2) is 24.3 Å². The molecule has 3 atom stereocenters. The Hall–Kier alpha value is -1.06.